The lowest BCUT2D eigenvalue weighted by Gasteiger charge is -1.99. The number of nitrogens with zero attached hydrogens (tertiary/aromatic N) is 1. The van der Waals surface area contributed by atoms with Crippen LogP contribution in [0.2, 0.25) is 0 Å². The Labute approximate surface area is 110 Å². The highest BCUT2D eigenvalue weighted by Crippen LogP contribution is 2.01. The van der Waals surface area contributed by atoms with E-state index in [0.717, 1.165) is 6.54 Å². The fourth-order valence-electron chi connectivity index (χ4n) is 1.84. The molecular weight excluding hydrogens is 230 g/mol. The second kappa shape index (κ2) is 7.08. The van der Waals surface area contributed by atoms with Crippen LogP contribution in [-0.2, 0) is 13.0 Å². The van der Waals surface area contributed by atoms with Crippen molar-refractivity contribution in [2.45, 2.75) is 26.3 Å². The van der Waals surface area contributed by atoms with Gasteiger partial charge in [-0.15, -0.1) is 0 Å². The van der Waals surface area contributed by atoms with Crippen LogP contribution in [0.15, 0.2) is 54.9 Å². The topological polar surface area (TPSA) is 3.88 Å². The SMILES string of the molecule is CCCc1cc[n+](Cc2ccccc2)cc1.[Cl-]. The maximum atomic E-state index is 2.22. The molecule has 0 aliphatic carbocycles. The minimum absolute atomic E-state index is 0. The zero-order chi connectivity index (χ0) is 11.2. The van der Waals surface area contributed by atoms with Crippen molar-refractivity contribution in [3.05, 3.63) is 66.0 Å². The molecular formula is C15H18ClN. The number of aromatic nitrogens is 1. The standard InChI is InChI=1S/C15H18N.ClH/c1-2-6-14-9-11-16(12-10-14)13-15-7-4-3-5-8-15;/h3-5,7-12H,2,6,13H2,1H3;1H/q+1;/p-1. The van der Waals surface area contributed by atoms with Crippen molar-refractivity contribution in [3.63, 3.8) is 0 Å². The van der Waals surface area contributed by atoms with Crippen molar-refractivity contribution in [3.8, 4) is 0 Å². The summed E-state index contributed by atoms with van der Waals surface area (Å²) in [7, 11) is 0. The predicted molar refractivity (Wildman–Crippen MR) is 66.2 cm³/mol. The van der Waals surface area contributed by atoms with E-state index in [9.17, 15) is 0 Å². The number of pyridine rings is 1. The van der Waals surface area contributed by atoms with E-state index in [1.807, 2.05) is 0 Å². The Hall–Kier alpha value is -1.34. The quantitative estimate of drug-likeness (QED) is 0.669. The van der Waals surface area contributed by atoms with Gasteiger partial charge in [0.1, 0.15) is 0 Å². The lowest BCUT2D eigenvalue weighted by molar-refractivity contribution is -0.688. The van der Waals surface area contributed by atoms with Crippen LogP contribution < -0.4 is 17.0 Å². The fourth-order valence-corrected chi connectivity index (χ4v) is 1.84. The molecule has 1 aromatic carbocycles. The van der Waals surface area contributed by atoms with Gasteiger partial charge in [-0.2, -0.15) is 0 Å². The Morgan fingerprint density at radius 3 is 2.12 bits per heavy atom. The second-order valence-electron chi connectivity index (χ2n) is 4.11. The lowest BCUT2D eigenvalue weighted by Crippen LogP contribution is -3.00. The summed E-state index contributed by atoms with van der Waals surface area (Å²) in [5.74, 6) is 0. The van der Waals surface area contributed by atoms with Crippen LogP contribution in [0.5, 0.6) is 0 Å². The van der Waals surface area contributed by atoms with E-state index in [1.54, 1.807) is 0 Å². The molecule has 0 saturated carbocycles. The molecule has 0 fully saturated rings. The average Bonchev–Trinajstić information content (AvgIpc) is 2.33. The van der Waals surface area contributed by atoms with E-state index in [2.05, 4.69) is 66.3 Å². The molecule has 90 valence electrons. The van der Waals surface area contributed by atoms with Crippen LogP contribution in [0.1, 0.15) is 24.5 Å². The summed E-state index contributed by atoms with van der Waals surface area (Å²) in [5, 5.41) is 0. The van der Waals surface area contributed by atoms with Crippen molar-refractivity contribution >= 4 is 0 Å². The van der Waals surface area contributed by atoms with E-state index in [-0.39, 0.29) is 12.4 Å². The third kappa shape index (κ3) is 4.20. The predicted octanol–water partition coefficient (Wildman–Crippen LogP) is -0.0211. The minimum atomic E-state index is 0. The first-order valence-electron chi connectivity index (χ1n) is 5.90. The molecule has 0 atom stereocenters. The Balaban J connectivity index is 0.00000144. The number of halogens is 1. The molecule has 1 nitrogen and oxygen atoms in total. The van der Waals surface area contributed by atoms with Gasteiger partial charge in [0.25, 0.3) is 0 Å². The molecule has 0 N–H and O–H groups in total. The highest BCUT2D eigenvalue weighted by atomic mass is 35.5. The van der Waals surface area contributed by atoms with Crippen molar-refractivity contribution in [2.75, 3.05) is 0 Å². The van der Waals surface area contributed by atoms with Crippen LogP contribution in [0.25, 0.3) is 0 Å². The van der Waals surface area contributed by atoms with Crippen molar-refractivity contribution in [1.82, 2.24) is 0 Å². The van der Waals surface area contributed by atoms with Crippen molar-refractivity contribution in [1.29, 1.82) is 0 Å². The van der Waals surface area contributed by atoms with Crippen LogP contribution >= 0.6 is 0 Å². The molecule has 2 aromatic rings. The van der Waals surface area contributed by atoms with E-state index in [4.69, 9.17) is 0 Å². The average molecular weight is 248 g/mol. The first-order valence-corrected chi connectivity index (χ1v) is 5.90. The third-order valence-corrected chi connectivity index (χ3v) is 2.71. The molecule has 0 bridgehead atoms. The minimum Gasteiger partial charge on any atom is -1.00 e. The van der Waals surface area contributed by atoms with Gasteiger partial charge in [0, 0.05) is 17.7 Å². The number of aryl methyl sites for hydroxylation is 1. The number of hydrogen-bond donors (Lipinski definition) is 0. The van der Waals surface area contributed by atoms with E-state index < -0.39 is 0 Å². The molecule has 0 unspecified atom stereocenters. The lowest BCUT2D eigenvalue weighted by atomic mass is 10.1. The molecule has 0 aliphatic heterocycles. The number of rotatable bonds is 4. The molecule has 2 rings (SSSR count). The van der Waals surface area contributed by atoms with Gasteiger partial charge in [0.2, 0.25) is 0 Å². The van der Waals surface area contributed by atoms with E-state index >= 15 is 0 Å². The zero-order valence-corrected chi connectivity index (χ0v) is 10.9. The van der Waals surface area contributed by atoms with Gasteiger partial charge in [-0.3, -0.25) is 0 Å². The first kappa shape index (κ1) is 13.7. The summed E-state index contributed by atoms with van der Waals surface area (Å²) in [6.45, 7) is 3.16. The highest BCUT2D eigenvalue weighted by Gasteiger charge is 2.01. The van der Waals surface area contributed by atoms with E-state index in [1.165, 1.54) is 24.0 Å². The summed E-state index contributed by atoms with van der Waals surface area (Å²) in [6, 6.07) is 15.0. The highest BCUT2D eigenvalue weighted by molar-refractivity contribution is 5.13. The number of benzene rings is 1. The normalized spacial score (nSPS) is 9.71. The smallest absolute Gasteiger partial charge is 0.173 e. The van der Waals surface area contributed by atoms with Gasteiger partial charge in [-0.25, -0.2) is 4.57 Å². The van der Waals surface area contributed by atoms with Crippen LogP contribution in [0.3, 0.4) is 0 Å². The molecule has 0 aliphatic rings. The molecule has 0 saturated heterocycles. The third-order valence-electron chi connectivity index (χ3n) is 2.71. The van der Waals surface area contributed by atoms with Crippen LogP contribution in [-0.4, -0.2) is 0 Å². The molecule has 2 heteroatoms. The van der Waals surface area contributed by atoms with Gasteiger partial charge < -0.3 is 12.4 Å². The monoisotopic (exact) mass is 247 g/mol. The summed E-state index contributed by atoms with van der Waals surface area (Å²) in [4.78, 5) is 0. The van der Waals surface area contributed by atoms with Gasteiger partial charge in [0.05, 0.1) is 0 Å². The zero-order valence-electron chi connectivity index (χ0n) is 10.1. The Morgan fingerprint density at radius 1 is 0.882 bits per heavy atom. The summed E-state index contributed by atoms with van der Waals surface area (Å²) in [5.41, 5.74) is 2.77. The fraction of sp³-hybridized carbons (Fsp3) is 0.267. The van der Waals surface area contributed by atoms with Crippen LogP contribution in [0, 0.1) is 0 Å². The van der Waals surface area contributed by atoms with Gasteiger partial charge in [-0.1, -0.05) is 43.7 Å². The van der Waals surface area contributed by atoms with Crippen molar-refractivity contribution in [2.24, 2.45) is 0 Å². The van der Waals surface area contributed by atoms with Gasteiger partial charge in [-0.05, 0) is 12.0 Å². The summed E-state index contributed by atoms with van der Waals surface area (Å²) in [6.07, 6.45) is 6.71. The molecule has 0 amide bonds. The molecule has 1 aromatic heterocycles. The molecule has 0 radical (unpaired) electrons. The largest absolute Gasteiger partial charge is 1.00 e. The Kier molecular flexibility index (Phi) is 5.71. The Morgan fingerprint density at radius 2 is 1.53 bits per heavy atom. The van der Waals surface area contributed by atoms with Crippen molar-refractivity contribution < 1.29 is 17.0 Å². The second-order valence-corrected chi connectivity index (χ2v) is 4.11. The molecule has 1 heterocycles. The number of hydrogen-bond acceptors (Lipinski definition) is 0. The molecule has 0 spiro atoms. The maximum absolute atomic E-state index is 2.22. The van der Waals surface area contributed by atoms with Gasteiger partial charge in [0.15, 0.2) is 18.9 Å². The Bertz CT molecular complexity index is 422. The van der Waals surface area contributed by atoms with Gasteiger partial charge >= 0.3 is 0 Å². The summed E-state index contributed by atoms with van der Waals surface area (Å²) >= 11 is 0. The maximum Gasteiger partial charge on any atom is 0.173 e. The first-order chi connectivity index (χ1) is 7.88. The van der Waals surface area contributed by atoms with Crippen LogP contribution in [0.4, 0.5) is 0 Å². The van der Waals surface area contributed by atoms with E-state index in [0.29, 0.717) is 0 Å². The summed E-state index contributed by atoms with van der Waals surface area (Å²) < 4.78 is 2.22. The molecule has 17 heavy (non-hydrogen) atoms.